The maximum absolute atomic E-state index is 9.70. The summed E-state index contributed by atoms with van der Waals surface area (Å²) in [6.07, 6.45) is -3.90. The molecular formula is C10H16N4O5. The molecule has 2 rings (SSSR count). The van der Waals surface area contributed by atoms with Gasteiger partial charge >= 0.3 is 0 Å². The third-order valence-corrected chi connectivity index (χ3v) is 2.78. The molecule has 9 nitrogen and oxygen atoms in total. The van der Waals surface area contributed by atoms with Crippen LogP contribution < -0.4 is 16.2 Å². The molecule has 4 atom stereocenters. The van der Waals surface area contributed by atoms with Crippen LogP contribution in [-0.2, 0) is 4.74 Å². The van der Waals surface area contributed by atoms with E-state index in [9.17, 15) is 10.2 Å². The number of hydrogen-bond donors (Lipinski definition) is 5. The lowest BCUT2D eigenvalue weighted by atomic mass is 10.1. The molecule has 0 aromatic carbocycles. The van der Waals surface area contributed by atoms with Gasteiger partial charge in [0.1, 0.15) is 36.8 Å². The molecule has 1 aliphatic heterocycles. The third-order valence-electron chi connectivity index (χ3n) is 2.78. The summed E-state index contributed by atoms with van der Waals surface area (Å²) in [5.41, 5.74) is 10.9. The van der Waals surface area contributed by atoms with Crippen molar-refractivity contribution in [2.24, 2.45) is 0 Å². The summed E-state index contributed by atoms with van der Waals surface area (Å²) in [5, 5.41) is 28.2. The molecular weight excluding hydrogens is 256 g/mol. The number of nitrogens with two attached hydrogens (primary N) is 2. The van der Waals surface area contributed by atoms with E-state index in [1.54, 1.807) is 0 Å². The minimum atomic E-state index is -1.15. The fraction of sp³-hybridized carbons (Fsp3) is 0.600. The van der Waals surface area contributed by atoms with Gasteiger partial charge in [0.05, 0.1) is 6.61 Å². The van der Waals surface area contributed by atoms with Gasteiger partial charge in [-0.1, -0.05) is 0 Å². The summed E-state index contributed by atoms with van der Waals surface area (Å²) in [5.74, 6) is 0.266. The van der Waals surface area contributed by atoms with Crippen molar-refractivity contribution in [2.45, 2.75) is 24.4 Å². The van der Waals surface area contributed by atoms with Gasteiger partial charge in [-0.05, 0) is 0 Å². The minimum absolute atomic E-state index is 0.0313. The second-order valence-corrected chi connectivity index (χ2v) is 4.18. The van der Waals surface area contributed by atoms with E-state index in [2.05, 4.69) is 9.97 Å². The van der Waals surface area contributed by atoms with Crippen LogP contribution in [0.1, 0.15) is 0 Å². The highest BCUT2D eigenvalue weighted by molar-refractivity contribution is 5.38. The van der Waals surface area contributed by atoms with E-state index < -0.39 is 24.4 Å². The molecule has 1 aromatic rings. The van der Waals surface area contributed by atoms with Gasteiger partial charge in [-0.25, -0.2) is 0 Å². The smallest absolute Gasteiger partial charge is 0.225 e. The van der Waals surface area contributed by atoms with Gasteiger partial charge in [0.2, 0.25) is 11.8 Å². The first-order valence-corrected chi connectivity index (χ1v) is 5.66. The van der Waals surface area contributed by atoms with Crippen molar-refractivity contribution in [3.63, 3.8) is 0 Å². The summed E-state index contributed by atoms with van der Waals surface area (Å²) in [6.45, 7) is -0.452. The van der Waals surface area contributed by atoms with Gasteiger partial charge in [-0.3, -0.25) is 0 Å². The highest BCUT2D eigenvalue weighted by Gasteiger charge is 2.42. The summed E-state index contributed by atoms with van der Waals surface area (Å²) >= 11 is 0. The van der Waals surface area contributed by atoms with Crippen molar-refractivity contribution in [1.29, 1.82) is 0 Å². The molecule has 1 saturated heterocycles. The SMILES string of the molecule is Nc1cc(OC[C@@H]2O[C@H](CO)[C@@H](O)[C@H]2O)nc(N)n1. The number of nitrogens with zero attached hydrogens (tertiary/aromatic N) is 2. The summed E-state index contributed by atoms with van der Waals surface area (Å²) < 4.78 is 10.5. The lowest BCUT2D eigenvalue weighted by molar-refractivity contribution is -0.0360. The Morgan fingerprint density at radius 2 is 1.89 bits per heavy atom. The Morgan fingerprint density at radius 3 is 2.47 bits per heavy atom. The molecule has 1 fully saturated rings. The number of rotatable bonds is 4. The zero-order valence-corrected chi connectivity index (χ0v) is 10.0. The standard InChI is InChI=1S/C10H16N4O5/c11-6-1-7(14-10(12)13-6)18-3-5-9(17)8(16)4(2-15)19-5/h1,4-5,8-9,15-17H,2-3H2,(H4,11,12,13,14)/t4-,5+,8-,9+/m1/s1. The summed E-state index contributed by atoms with van der Waals surface area (Å²) in [6, 6.07) is 1.37. The molecule has 9 heteroatoms. The van der Waals surface area contributed by atoms with E-state index in [4.69, 9.17) is 26.0 Å². The quantitative estimate of drug-likeness (QED) is 0.399. The number of aromatic nitrogens is 2. The van der Waals surface area contributed by atoms with Crippen LogP contribution in [0.2, 0.25) is 0 Å². The Balaban J connectivity index is 1.95. The molecule has 0 unspecified atom stereocenters. The number of hydrogen-bond acceptors (Lipinski definition) is 9. The average Bonchev–Trinajstić information content (AvgIpc) is 2.62. The first-order chi connectivity index (χ1) is 9.01. The Kier molecular flexibility index (Phi) is 4.00. The van der Waals surface area contributed by atoms with Crippen molar-refractivity contribution < 1.29 is 24.8 Å². The van der Waals surface area contributed by atoms with Gasteiger partial charge in [-0.2, -0.15) is 9.97 Å². The predicted molar refractivity (Wildman–Crippen MR) is 64.1 cm³/mol. The number of ether oxygens (including phenoxy) is 2. The van der Waals surface area contributed by atoms with Crippen molar-refractivity contribution in [2.75, 3.05) is 24.7 Å². The first kappa shape index (κ1) is 13.7. The van der Waals surface area contributed by atoms with E-state index in [-0.39, 0.29) is 30.9 Å². The molecule has 1 aromatic heterocycles. The van der Waals surface area contributed by atoms with Crippen molar-refractivity contribution in [3.05, 3.63) is 6.07 Å². The molecule has 106 valence electrons. The fourth-order valence-corrected chi connectivity index (χ4v) is 1.82. The average molecular weight is 272 g/mol. The Hall–Kier alpha value is -1.68. The Morgan fingerprint density at radius 1 is 1.21 bits per heavy atom. The number of aliphatic hydroxyl groups excluding tert-OH is 3. The maximum Gasteiger partial charge on any atom is 0.225 e. The van der Waals surface area contributed by atoms with E-state index >= 15 is 0 Å². The molecule has 0 aliphatic carbocycles. The highest BCUT2D eigenvalue weighted by atomic mass is 16.6. The Bertz CT molecular complexity index is 426. The molecule has 7 N–H and O–H groups in total. The van der Waals surface area contributed by atoms with E-state index in [0.717, 1.165) is 0 Å². The van der Waals surface area contributed by atoms with E-state index in [0.29, 0.717) is 0 Å². The van der Waals surface area contributed by atoms with Crippen LogP contribution in [0.15, 0.2) is 6.07 Å². The van der Waals surface area contributed by atoms with Gasteiger partial charge in [0, 0.05) is 6.07 Å². The number of aliphatic hydroxyl groups is 3. The van der Waals surface area contributed by atoms with Crippen molar-refractivity contribution in [3.8, 4) is 5.88 Å². The third kappa shape index (κ3) is 3.01. The predicted octanol–water partition coefficient (Wildman–Crippen LogP) is -2.50. The van der Waals surface area contributed by atoms with Crippen LogP contribution in [0.25, 0.3) is 0 Å². The normalized spacial score (nSPS) is 30.5. The molecule has 1 aliphatic rings. The largest absolute Gasteiger partial charge is 0.475 e. The lowest BCUT2D eigenvalue weighted by Gasteiger charge is -2.15. The maximum atomic E-state index is 9.70. The van der Waals surface area contributed by atoms with Crippen molar-refractivity contribution >= 4 is 11.8 Å². The molecule has 2 heterocycles. The molecule has 0 amide bonds. The topological polar surface area (TPSA) is 157 Å². The van der Waals surface area contributed by atoms with Crippen LogP contribution in [0.3, 0.4) is 0 Å². The first-order valence-electron chi connectivity index (χ1n) is 5.66. The van der Waals surface area contributed by atoms with Gasteiger partial charge in [0.25, 0.3) is 0 Å². The van der Waals surface area contributed by atoms with Crippen LogP contribution in [-0.4, -0.2) is 62.9 Å². The number of nitrogen functional groups attached to an aromatic ring is 2. The van der Waals surface area contributed by atoms with Crippen molar-refractivity contribution in [1.82, 2.24) is 9.97 Å². The summed E-state index contributed by atoms with van der Waals surface area (Å²) in [7, 11) is 0. The molecule has 0 bridgehead atoms. The molecule has 0 saturated carbocycles. The van der Waals surface area contributed by atoms with E-state index in [1.807, 2.05) is 0 Å². The molecule has 19 heavy (non-hydrogen) atoms. The minimum Gasteiger partial charge on any atom is -0.475 e. The zero-order valence-electron chi connectivity index (χ0n) is 10.0. The number of anilines is 2. The van der Waals surface area contributed by atoms with Crippen LogP contribution in [0.5, 0.6) is 5.88 Å². The zero-order chi connectivity index (χ0) is 14.0. The second-order valence-electron chi connectivity index (χ2n) is 4.18. The fourth-order valence-electron chi connectivity index (χ4n) is 1.82. The molecule has 0 radical (unpaired) electrons. The van der Waals surface area contributed by atoms with Crippen LogP contribution >= 0.6 is 0 Å². The van der Waals surface area contributed by atoms with Gasteiger partial charge < -0.3 is 36.3 Å². The van der Waals surface area contributed by atoms with Gasteiger partial charge in [0.15, 0.2) is 0 Å². The van der Waals surface area contributed by atoms with E-state index in [1.165, 1.54) is 6.07 Å². The Labute approximate surface area is 108 Å². The molecule has 0 spiro atoms. The van der Waals surface area contributed by atoms with Gasteiger partial charge in [-0.15, -0.1) is 0 Å². The highest BCUT2D eigenvalue weighted by Crippen LogP contribution is 2.22. The van der Waals surface area contributed by atoms with Crippen LogP contribution in [0, 0.1) is 0 Å². The summed E-state index contributed by atoms with van der Waals surface area (Å²) in [4.78, 5) is 7.47. The van der Waals surface area contributed by atoms with Crippen LogP contribution in [0.4, 0.5) is 11.8 Å². The monoisotopic (exact) mass is 272 g/mol. The lowest BCUT2D eigenvalue weighted by Crippen LogP contribution is -2.35. The second kappa shape index (κ2) is 5.53.